The van der Waals surface area contributed by atoms with Crippen LogP contribution in [-0.4, -0.2) is 27.8 Å². The van der Waals surface area contributed by atoms with Crippen molar-refractivity contribution in [3.8, 4) is 0 Å². The molecule has 22 heavy (non-hydrogen) atoms. The number of aryl methyl sites for hydroxylation is 1. The molecule has 0 aliphatic carbocycles. The molecule has 0 radical (unpaired) electrons. The maximum absolute atomic E-state index is 12.1. The summed E-state index contributed by atoms with van der Waals surface area (Å²) in [4.78, 5) is 12.1. The molecular formula is C16H23N3O3. The number of hydrogen-bond donors (Lipinski definition) is 3. The molecule has 0 unspecified atom stereocenters. The fraction of sp³-hybridized carbons (Fsp3) is 0.500. The monoisotopic (exact) mass is 305 g/mol. The first-order valence-electron chi connectivity index (χ1n) is 7.39. The maximum atomic E-state index is 12.1. The number of rotatable bonds is 6. The van der Waals surface area contributed by atoms with Crippen molar-refractivity contribution in [1.29, 1.82) is 0 Å². The van der Waals surface area contributed by atoms with Crippen LogP contribution in [-0.2, 0) is 12.0 Å². The molecule has 2 aromatic heterocycles. The molecule has 2 rings (SSSR count). The van der Waals surface area contributed by atoms with Crippen molar-refractivity contribution < 1.29 is 14.3 Å². The van der Waals surface area contributed by atoms with Crippen LogP contribution >= 0.6 is 0 Å². The predicted octanol–water partition coefficient (Wildman–Crippen LogP) is 2.15. The van der Waals surface area contributed by atoms with Crippen LogP contribution in [0.1, 0.15) is 48.5 Å². The lowest BCUT2D eigenvalue weighted by atomic mass is 10.0. The fourth-order valence-corrected chi connectivity index (χ4v) is 2.18. The maximum Gasteiger partial charge on any atom is 0.271 e. The summed E-state index contributed by atoms with van der Waals surface area (Å²) < 4.78 is 5.41. The summed E-state index contributed by atoms with van der Waals surface area (Å²) in [7, 11) is 0. The summed E-state index contributed by atoms with van der Waals surface area (Å²) >= 11 is 0. The number of carbonyl (C=O) groups is 1. The van der Waals surface area contributed by atoms with Gasteiger partial charge in [-0.1, -0.05) is 13.8 Å². The topological polar surface area (TPSA) is 91.2 Å². The zero-order valence-corrected chi connectivity index (χ0v) is 13.4. The number of nitrogens with zero attached hydrogens (tertiary/aromatic N) is 1. The van der Waals surface area contributed by atoms with Gasteiger partial charge in [0.2, 0.25) is 0 Å². The van der Waals surface area contributed by atoms with E-state index in [1.54, 1.807) is 32.0 Å². The van der Waals surface area contributed by atoms with Gasteiger partial charge in [0, 0.05) is 5.69 Å². The molecule has 0 spiro atoms. The van der Waals surface area contributed by atoms with Gasteiger partial charge in [-0.15, -0.1) is 0 Å². The molecule has 0 aliphatic heterocycles. The first kappa shape index (κ1) is 16.3. The van der Waals surface area contributed by atoms with Crippen LogP contribution in [0.5, 0.6) is 0 Å². The SMILES string of the molecule is Cc1ccc([C@@](C)(O)CNC(=O)c2cc(CC(C)C)[nH]n2)o1. The van der Waals surface area contributed by atoms with Crippen LogP contribution < -0.4 is 5.32 Å². The minimum atomic E-state index is -1.26. The molecule has 0 aliphatic rings. The molecule has 2 heterocycles. The highest BCUT2D eigenvalue weighted by Gasteiger charge is 2.28. The third kappa shape index (κ3) is 3.98. The Balaban J connectivity index is 1.96. The van der Waals surface area contributed by atoms with Crippen molar-refractivity contribution in [3.05, 3.63) is 41.1 Å². The molecule has 120 valence electrons. The van der Waals surface area contributed by atoms with Crippen molar-refractivity contribution in [2.24, 2.45) is 5.92 Å². The van der Waals surface area contributed by atoms with E-state index in [9.17, 15) is 9.90 Å². The molecule has 6 heteroatoms. The van der Waals surface area contributed by atoms with Crippen LogP contribution in [0, 0.1) is 12.8 Å². The minimum Gasteiger partial charge on any atom is -0.463 e. The molecule has 0 saturated carbocycles. The van der Waals surface area contributed by atoms with Crippen LogP contribution in [0.2, 0.25) is 0 Å². The average molecular weight is 305 g/mol. The molecule has 0 fully saturated rings. The standard InChI is InChI=1S/C16H23N3O3/c1-10(2)7-12-8-13(19-18-12)15(20)17-9-16(4,21)14-6-5-11(3)22-14/h5-6,8,10,21H,7,9H2,1-4H3,(H,17,20)(H,18,19)/t16-/m0/s1. The number of hydrogen-bond acceptors (Lipinski definition) is 4. The van der Waals surface area contributed by atoms with Gasteiger partial charge < -0.3 is 14.8 Å². The number of H-pyrrole nitrogens is 1. The average Bonchev–Trinajstić information content (AvgIpc) is 3.05. The Bertz CT molecular complexity index is 641. The summed E-state index contributed by atoms with van der Waals surface area (Å²) in [5.74, 6) is 1.30. The van der Waals surface area contributed by atoms with Crippen molar-refractivity contribution in [2.75, 3.05) is 6.54 Å². The van der Waals surface area contributed by atoms with Gasteiger partial charge in [-0.3, -0.25) is 9.89 Å². The second kappa shape index (κ2) is 6.36. The second-order valence-electron chi connectivity index (χ2n) is 6.24. The van der Waals surface area contributed by atoms with E-state index in [-0.39, 0.29) is 12.5 Å². The Kier molecular flexibility index (Phi) is 4.71. The number of furan rings is 1. The van der Waals surface area contributed by atoms with Gasteiger partial charge in [0.25, 0.3) is 5.91 Å². The molecule has 6 nitrogen and oxygen atoms in total. The van der Waals surface area contributed by atoms with Gasteiger partial charge in [-0.05, 0) is 44.4 Å². The molecule has 3 N–H and O–H groups in total. The highest BCUT2D eigenvalue weighted by Crippen LogP contribution is 2.22. The lowest BCUT2D eigenvalue weighted by Gasteiger charge is -2.20. The van der Waals surface area contributed by atoms with E-state index in [0.717, 1.165) is 12.1 Å². The van der Waals surface area contributed by atoms with Crippen LogP contribution in [0.3, 0.4) is 0 Å². The lowest BCUT2D eigenvalue weighted by molar-refractivity contribution is 0.0322. The summed E-state index contributed by atoms with van der Waals surface area (Å²) in [5, 5.41) is 19.9. The van der Waals surface area contributed by atoms with Crippen LogP contribution in [0.15, 0.2) is 22.6 Å². The zero-order chi connectivity index (χ0) is 16.3. The van der Waals surface area contributed by atoms with Gasteiger partial charge in [-0.2, -0.15) is 5.10 Å². The van der Waals surface area contributed by atoms with E-state index >= 15 is 0 Å². The molecule has 1 amide bonds. The second-order valence-corrected chi connectivity index (χ2v) is 6.24. The summed E-state index contributed by atoms with van der Waals surface area (Å²) in [6.45, 7) is 7.65. The number of amides is 1. The molecular weight excluding hydrogens is 282 g/mol. The highest BCUT2D eigenvalue weighted by atomic mass is 16.4. The minimum absolute atomic E-state index is 0.0468. The number of aliphatic hydroxyl groups is 1. The van der Waals surface area contributed by atoms with Crippen molar-refractivity contribution >= 4 is 5.91 Å². The fourth-order valence-electron chi connectivity index (χ4n) is 2.18. The first-order chi connectivity index (χ1) is 10.3. The predicted molar refractivity (Wildman–Crippen MR) is 82.5 cm³/mol. The quantitative estimate of drug-likeness (QED) is 0.762. The number of aromatic nitrogens is 2. The first-order valence-corrected chi connectivity index (χ1v) is 7.39. The lowest BCUT2D eigenvalue weighted by Crippen LogP contribution is -2.38. The number of aromatic amines is 1. The van der Waals surface area contributed by atoms with Crippen molar-refractivity contribution in [2.45, 2.75) is 39.7 Å². The Morgan fingerprint density at radius 2 is 2.23 bits per heavy atom. The zero-order valence-electron chi connectivity index (χ0n) is 13.4. The molecule has 1 atom stereocenters. The Hall–Kier alpha value is -2.08. The third-order valence-electron chi connectivity index (χ3n) is 3.36. The Morgan fingerprint density at radius 3 is 2.82 bits per heavy atom. The van der Waals surface area contributed by atoms with E-state index in [0.29, 0.717) is 23.1 Å². The summed E-state index contributed by atoms with van der Waals surface area (Å²) in [5.41, 5.74) is -0.0169. The van der Waals surface area contributed by atoms with E-state index < -0.39 is 5.60 Å². The normalized spacial score (nSPS) is 14.1. The van der Waals surface area contributed by atoms with Crippen LogP contribution in [0.25, 0.3) is 0 Å². The largest absolute Gasteiger partial charge is 0.463 e. The molecule has 0 bridgehead atoms. The van der Waals surface area contributed by atoms with Gasteiger partial charge in [0.1, 0.15) is 22.8 Å². The Morgan fingerprint density at radius 1 is 1.50 bits per heavy atom. The summed E-state index contributed by atoms with van der Waals surface area (Å²) in [6.07, 6.45) is 0.837. The van der Waals surface area contributed by atoms with Crippen molar-refractivity contribution in [3.63, 3.8) is 0 Å². The number of nitrogens with one attached hydrogen (secondary N) is 2. The van der Waals surface area contributed by atoms with Crippen LogP contribution in [0.4, 0.5) is 0 Å². The van der Waals surface area contributed by atoms with Gasteiger partial charge in [-0.25, -0.2) is 0 Å². The van der Waals surface area contributed by atoms with Gasteiger partial charge in [0.05, 0.1) is 6.54 Å². The van der Waals surface area contributed by atoms with E-state index in [4.69, 9.17) is 4.42 Å². The number of carbonyl (C=O) groups excluding carboxylic acids is 1. The van der Waals surface area contributed by atoms with Crippen molar-refractivity contribution in [1.82, 2.24) is 15.5 Å². The molecule has 0 saturated heterocycles. The Labute approximate surface area is 129 Å². The van der Waals surface area contributed by atoms with Gasteiger partial charge in [0.15, 0.2) is 0 Å². The smallest absolute Gasteiger partial charge is 0.271 e. The molecule has 0 aromatic carbocycles. The highest BCUT2D eigenvalue weighted by molar-refractivity contribution is 5.92. The van der Waals surface area contributed by atoms with E-state index in [2.05, 4.69) is 29.4 Å². The van der Waals surface area contributed by atoms with Gasteiger partial charge >= 0.3 is 0 Å². The third-order valence-corrected chi connectivity index (χ3v) is 3.36. The van der Waals surface area contributed by atoms with E-state index in [1.165, 1.54) is 0 Å². The molecule has 2 aromatic rings. The summed E-state index contributed by atoms with van der Waals surface area (Å²) in [6, 6.07) is 5.22. The van der Waals surface area contributed by atoms with E-state index in [1.807, 2.05) is 0 Å².